The summed E-state index contributed by atoms with van der Waals surface area (Å²) in [5, 5.41) is 29.8. The van der Waals surface area contributed by atoms with Crippen molar-refractivity contribution < 1.29 is 53.5 Å². The molecule has 0 aliphatic heterocycles. The Balaban J connectivity index is 0. The normalized spacial score (nSPS) is 13.5. The number of hydrogen-bond acceptors (Lipinski definition) is 5. The zero-order chi connectivity index (χ0) is 21.6. The molecule has 26 heavy (non-hydrogen) atoms. The van der Waals surface area contributed by atoms with Crippen LogP contribution in [0.1, 0.15) is 81.7 Å². The second kappa shape index (κ2) is 17.8. The van der Waals surface area contributed by atoms with E-state index in [9.17, 15) is 19.8 Å². The van der Waals surface area contributed by atoms with Gasteiger partial charge in [0.2, 0.25) is 5.91 Å². The van der Waals surface area contributed by atoms with Crippen molar-refractivity contribution in [3.8, 4) is 0 Å². The summed E-state index contributed by atoms with van der Waals surface area (Å²) in [6.45, 7) is -1.86. The molecule has 0 saturated heterocycles. The first kappa shape index (κ1) is 21.7. The number of rotatable bonds is 14. The summed E-state index contributed by atoms with van der Waals surface area (Å²) in [6, 6.07) is 0. The van der Waals surface area contributed by atoms with Gasteiger partial charge in [-0.25, -0.2) is 0 Å². The Morgan fingerprint density at radius 1 is 1.15 bits per heavy atom. The van der Waals surface area contributed by atoms with E-state index in [1.165, 1.54) is 0 Å². The molecule has 0 rings (SSSR count). The summed E-state index contributed by atoms with van der Waals surface area (Å²) in [6.07, 6.45) is 9.61. The SMILES string of the molecule is [2H]C([2H])([2H])N(CC(=O)[O-])C(=N)NC(=O)CCCCCCCCCCC(O)CC.[Na+]. The number of aliphatic hydroxyl groups excluding tert-OH is 1. The second-order valence-corrected chi connectivity index (χ2v) is 6.28. The van der Waals surface area contributed by atoms with Gasteiger partial charge < -0.3 is 19.9 Å². The fourth-order valence-electron chi connectivity index (χ4n) is 2.40. The molecule has 0 aromatic rings. The maximum Gasteiger partial charge on any atom is 1.00 e. The van der Waals surface area contributed by atoms with Crippen molar-refractivity contribution in [3.63, 3.8) is 0 Å². The number of carboxylic acid groups (broad SMARTS) is 1. The number of nitrogens with zero attached hydrogens (tertiary/aromatic N) is 1. The number of aliphatic carboxylic acids is 1. The third-order valence-electron chi connectivity index (χ3n) is 3.98. The molecule has 0 bridgehead atoms. The first-order valence-electron chi connectivity index (χ1n) is 10.6. The van der Waals surface area contributed by atoms with E-state index >= 15 is 0 Å². The van der Waals surface area contributed by atoms with Gasteiger partial charge in [0, 0.05) is 17.5 Å². The molecule has 1 atom stereocenters. The Labute approximate surface area is 183 Å². The molecule has 3 N–H and O–H groups in total. The second-order valence-electron chi connectivity index (χ2n) is 6.28. The van der Waals surface area contributed by atoms with E-state index in [-0.39, 0.29) is 42.1 Å². The van der Waals surface area contributed by atoms with Gasteiger partial charge in [0.05, 0.1) is 18.6 Å². The Morgan fingerprint density at radius 2 is 1.69 bits per heavy atom. The van der Waals surface area contributed by atoms with Crippen molar-refractivity contribution in [1.29, 1.82) is 5.41 Å². The van der Waals surface area contributed by atoms with Crippen LogP contribution >= 0.6 is 0 Å². The zero-order valence-corrected chi connectivity index (χ0v) is 18.2. The van der Waals surface area contributed by atoms with Gasteiger partial charge in [0.25, 0.3) is 0 Å². The summed E-state index contributed by atoms with van der Waals surface area (Å²) < 4.78 is 21.7. The van der Waals surface area contributed by atoms with Crippen molar-refractivity contribution in [2.24, 2.45) is 0 Å². The van der Waals surface area contributed by atoms with Gasteiger partial charge in [-0.3, -0.25) is 15.5 Å². The van der Waals surface area contributed by atoms with E-state index in [2.05, 4.69) is 5.32 Å². The Bertz CT molecular complexity index is 493. The van der Waals surface area contributed by atoms with Crippen LogP contribution in [0.5, 0.6) is 0 Å². The molecule has 0 aromatic heterocycles. The molecular weight excluding hydrogens is 345 g/mol. The summed E-state index contributed by atoms with van der Waals surface area (Å²) in [7, 11) is 0. The zero-order valence-electron chi connectivity index (χ0n) is 19.2. The average Bonchev–Trinajstić information content (AvgIpc) is 2.59. The minimum Gasteiger partial charge on any atom is -0.548 e. The average molecular weight is 382 g/mol. The third kappa shape index (κ3) is 16.8. The molecule has 8 heteroatoms. The van der Waals surface area contributed by atoms with Gasteiger partial charge in [-0.2, -0.15) is 0 Å². The Kier molecular flexibility index (Phi) is 14.8. The van der Waals surface area contributed by atoms with E-state index in [1.54, 1.807) is 0 Å². The fraction of sp³-hybridized carbons (Fsp3) is 0.833. The molecule has 146 valence electrons. The molecule has 7 nitrogen and oxygen atoms in total. The van der Waals surface area contributed by atoms with Gasteiger partial charge in [-0.1, -0.05) is 51.9 Å². The number of aliphatic hydroxyl groups is 1. The van der Waals surface area contributed by atoms with Crippen LogP contribution in [-0.4, -0.2) is 47.5 Å². The summed E-state index contributed by atoms with van der Waals surface area (Å²) in [4.78, 5) is 22.7. The molecule has 1 amide bonds. The van der Waals surface area contributed by atoms with Crippen LogP contribution < -0.4 is 40.0 Å². The quantitative estimate of drug-likeness (QED) is 0.145. The summed E-state index contributed by atoms with van der Waals surface area (Å²) in [5.41, 5.74) is 0. The first-order valence-corrected chi connectivity index (χ1v) is 9.11. The van der Waals surface area contributed by atoms with Crippen molar-refractivity contribution in [2.75, 3.05) is 13.5 Å². The van der Waals surface area contributed by atoms with Gasteiger partial charge >= 0.3 is 29.6 Å². The van der Waals surface area contributed by atoms with E-state index in [1.807, 2.05) is 6.92 Å². The van der Waals surface area contributed by atoms with Gasteiger partial charge in [-0.15, -0.1) is 0 Å². The van der Waals surface area contributed by atoms with Crippen LogP contribution in [0.3, 0.4) is 0 Å². The van der Waals surface area contributed by atoms with Crippen LogP contribution in [0.15, 0.2) is 0 Å². The number of amides is 1. The Hall–Kier alpha value is -0.630. The maximum absolute atomic E-state index is 11.8. The van der Waals surface area contributed by atoms with Crippen LogP contribution in [-0.2, 0) is 9.59 Å². The number of carboxylic acids is 1. The molecule has 0 aliphatic rings. The number of hydrogen-bond donors (Lipinski definition) is 3. The molecule has 0 fully saturated rings. The summed E-state index contributed by atoms with van der Waals surface area (Å²) >= 11 is 0. The fourth-order valence-corrected chi connectivity index (χ4v) is 2.40. The molecule has 0 aliphatic carbocycles. The summed E-state index contributed by atoms with van der Waals surface area (Å²) in [5.74, 6) is -2.91. The van der Waals surface area contributed by atoms with Crippen LogP contribution in [0.4, 0.5) is 0 Å². The minimum absolute atomic E-state index is 0. The number of carbonyl (C=O) groups excluding carboxylic acids is 2. The molecule has 0 spiro atoms. The monoisotopic (exact) mass is 382 g/mol. The molecule has 1 unspecified atom stereocenters. The van der Waals surface area contributed by atoms with Crippen LogP contribution in [0.2, 0.25) is 0 Å². The predicted molar refractivity (Wildman–Crippen MR) is 96.0 cm³/mol. The molecule has 0 saturated carbocycles. The number of guanidine groups is 1. The number of carbonyl (C=O) groups is 2. The van der Waals surface area contributed by atoms with Gasteiger partial charge in [-0.05, 0) is 19.3 Å². The van der Waals surface area contributed by atoms with E-state index in [0.717, 1.165) is 57.8 Å². The van der Waals surface area contributed by atoms with Crippen molar-refractivity contribution in [1.82, 2.24) is 10.2 Å². The van der Waals surface area contributed by atoms with E-state index in [4.69, 9.17) is 9.52 Å². The predicted octanol–water partition coefficient (Wildman–Crippen LogP) is -1.61. The van der Waals surface area contributed by atoms with Crippen LogP contribution in [0, 0.1) is 5.41 Å². The van der Waals surface area contributed by atoms with E-state index in [0.29, 0.717) is 11.3 Å². The maximum atomic E-state index is 11.8. The molecule has 0 radical (unpaired) electrons. The van der Waals surface area contributed by atoms with Crippen molar-refractivity contribution in [2.45, 2.75) is 83.7 Å². The minimum atomic E-state index is -2.85. The third-order valence-corrected chi connectivity index (χ3v) is 3.98. The van der Waals surface area contributed by atoms with Crippen molar-refractivity contribution in [3.05, 3.63) is 0 Å². The van der Waals surface area contributed by atoms with Gasteiger partial charge in [0.15, 0.2) is 5.96 Å². The van der Waals surface area contributed by atoms with E-state index < -0.39 is 31.4 Å². The number of unbranched alkanes of at least 4 members (excludes halogenated alkanes) is 7. The standard InChI is InChI=1S/C18H35N3O4.Na/c1-3-15(22)12-10-8-6-4-5-7-9-11-13-16(23)20-18(19)21(2)14-17(24)25;/h15,22H,3-14H2,1-2H3,(H,24,25)(H2,19,20,23);/q;+1/p-1/i2D3;. The first-order chi connectivity index (χ1) is 13.1. The van der Waals surface area contributed by atoms with Crippen molar-refractivity contribution >= 4 is 17.8 Å². The van der Waals surface area contributed by atoms with Gasteiger partial charge in [0.1, 0.15) is 0 Å². The molecule has 0 aromatic carbocycles. The Morgan fingerprint density at radius 3 is 2.19 bits per heavy atom. The largest absolute Gasteiger partial charge is 1.00 e. The smallest absolute Gasteiger partial charge is 0.548 e. The van der Waals surface area contributed by atoms with Crippen LogP contribution in [0.25, 0.3) is 0 Å². The molecule has 0 heterocycles. The topological polar surface area (TPSA) is 117 Å². The number of nitrogens with one attached hydrogen (secondary N) is 2. The molecular formula is C18H34N3NaO4. The number of likely N-dealkylation sites (N-methyl/N-ethyl adjacent to an activating group) is 1.